The van der Waals surface area contributed by atoms with Crippen LogP contribution in [0.4, 0.5) is 19.5 Å². The number of hydrogen-bond acceptors (Lipinski definition) is 16. The fourth-order valence-electron chi connectivity index (χ4n) is 10.5. The van der Waals surface area contributed by atoms with E-state index in [0.29, 0.717) is 82.6 Å². The fraction of sp³-hybridized carbons (Fsp3) is 0.581. The van der Waals surface area contributed by atoms with Crippen LogP contribution >= 0.6 is 22.9 Å². The standard InChI is InChI=1S/C62H84ClF2N9O11S/c1-38(40-16-18-42(19-17-40)55-39(2)67-37-86-55)68-57(77)46-14-12-24-74(46)58(78)56(61(3,4)5)69-48(75)36-84-34-33-83-32-31-82-30-29-81-28-27-72(9)49(76)20-23-66-59-70-53(41-21-25-73(26-22-41)60(79)85-62(6,7)8)43-35-44(63)50(52(65)54(43)71-59)51-45(64)13-11-15-47(51)80-10/h11,13,16-19,35,37-38,41,46-47,56H,12,14-15,20-34,36H2,1-10H3,(H,68,77)(H,69,75)(H,66,70,71)/t38-,46-,47?,56+/m0/s1. The van der Waals surface area contributed by atoms with Gasteiger partial charge in [0, 0.05) is 75.7 Å². The predicted molar refractivity (Wildman–Crippen MR) is 326 cm³/mol. The molecule has 24 heteroatoms. The summed E-state index contributed by atoms with van der Waals surface area (Å²) >= 11 is 8.36. The smallest absolute Gasteiger partial charge is 0.410 e. The molecular weight excluding hydrogens is 1150 g/mol. The first-order chi connectivity index (χ1) is 40.9. The molecule has 7 rings (SSSR count). The van der Waals surface area contributed by atoms with Crippen LogP contribution < -0.4 is 16.0 Å². The van der Waals surface area contributed by atoms with Gasteiger partial charge in [0.05, 0.1) is 85.2 Å². The molecule has 4 heterocycles. The molecule has 0 bridgehead atoms. The van der Waals surface area contributed by atoms with Gasteiger partial charge in [-0.1, -0.05) is 62.7 Å². The molecule has 1 aliphatic carbocycles. The molecule has 2 saturated heterocycles. The number of halogens is 3. The molecule has 0 radical (unpaired) electrons. The number of likely N-dealkylation sites (tertiary alicyclic amines) is 2. The Morgan fingerprint density at radius 2 is 1.55 bits per heavy atom. The van der Waals surface area contributed by atoms with Crippen molar-refractivity contribution < 1.29 is 61.2 Å². The van der Waals surface area contributed by atoms with E-state index in [0.717, 1.165) is 21.7 Å². The first kappa shape index (κ1) is 67.3. The molecule has 2 aliphatic heterocycles. The van der Waals surface area contributed by atoms with Crippen LogP contribution in [0.15, 0.2) is 53.8 Å². The van der Waals surface area contributed by atoms with Gasteiger partial charge in [0.1, 0.15) is 35.6 Å². The van der Waals surface area contributed by atoms with Gasteiger partial charge in [-0.25, -0.2) is 28.5 Å². The summed E-state index contributed by atoms with van der Waals surface area (Å²) in [5.41, 5.74) is 3.79. The second kappa shape index (κ2) is 31.1. The SMILES string of the molecule is COC1CC=CC(F)=C1c1c(Cl)cc2c(C3CCN(C(=O)OC(C)(C)C)CC3)nc(NCCC(=O)N(C)CCOCCOCCOCCOCC(=O)N[C@H](C(=O)N3CCC[C@H]3C(=O)N[C@@H](C)c3ccc(-c4scnc4C)cc3)C(C)(C)C)nc2c1F. The maximum atomic E-state index is 16.8. The molecule has 4 aromatic rings. The number of carbonyl (C=O) groups excluding carboxylic acids is 5. The van der Waals surface area contributed by atoms with E-state index < -0.39 is 52.8 Å². The Balaban J connectivity index is 0.778. The normalized spacial score (nSPS) is 17.5. The number of ether oxygens (including phenoxy) is 6. The van der Waals surface area contributed by atoms with Crippen molar-refractivity contribution in [1.82, 2.24) is 40.3 Å². The molecule has 5 amide bonds. The van der Waals surface area contributed by atoms with Crippen molar-refractivity contribution in [2.75, 3.05) is 105 Å². The highest BCUT2D eigenvalue weighted by atomic mass is 35.5. The minimum absolute atomic E-state index is 0.0105. The van der Waals surface area contributed by atoms with Gasteiger partial charge >= 0.3 is 6.09 Å². The van der Waals surface area contributed by atoms with Crippen molar-refractivity contribution in [3.8, 4) is 10.4 Å². The van der Waals surface area contributed by atoms with Crippen LogP contribution in [0.1, 0.15) is 121 Å². The number of allylic oxidation sites excluding steroid dienone is 2. The molecule has 3 aliphatic rings. The summed E-state index contributed by atoms with van der Waals surface area (Å²) in [4.78, 5) is 86.4. The number of fused-ring (bicyclic) bond motifs is 1. The monoisotopic (exact) mass is 1240 g/mol. The van der Waals surface area contributed by atoms with Crippen LogP contribution in [0.25, 0.3) is 26.9 Å². The van der Waals surface area contributed by atoms with Crippen molar-refractivity contribution in [2.45, 2.75) is 130 Å². The topological polar surface area (TPSA) is 225 Å². The number of hydrogen-bond donors (Lipinski definition) is 3. The number of piperidine rings is 1. The number of aryl methyl sites for hydroxylation is 1. The van der Waals surface area contributed by atoms with Crippen molar-refractivity contribution >= 4 is 75.1 Å². The van der Waals surface area contributed by atoms with E-state index in [4.69, 9.17) is 45.0 Å². The van der Waals surface area contributed by atoms with Gasteiger partial charge in [0.15, 0.2) is 5.82 Å². The first-order valence-corrected chi connectivity index (χ1v) is 30.7. The quantitative estimate of drug-likeness (QED) is 0.0473. The number of benzene rings is 2. The largest absolute Gasteiger partial charge is 0.444 e. The highest BCUT2D eigenvalue weighted by Crippen LogP contribution is 2.42. The summed E-state index contributed by atoms with van der Waals surface area (Å²) in [6.45, 7) is 18.0. The number of methoxy groups -OCH3 is 1. The molecule has 20 nitrogen and oxygen atoms in total. The van der Waals surface area contributed by atoms with Gasteiger partial charge < -0.3 is 59.1 Å². The third-order valence-corrected chi connectivity index (χ3v) is 16.5. The van der Waals surface area contributed by atoms with E-state index >= 15 is 8.78 Å². The highest BCUT2D eigenvalue weighted by Gasteiger charge is 2.42. The Labute approximate surface area is 512 Å². The number of carbonyl (C=O) groups is 5. The molecule has 0 saturated carbocycles. The second-order valence-corrected chi connectivity index (χ2v) is 25.1. The van der Waals surface area contributed by atoms with E-state index in [9.17, 15) is 24.0 Å². The van der Waals surface area contributed by atoms with Crippen LogP contribution in [0.5, 0.6) is 0 Å². The Morgan fingerprint density at radius 1 is 0.884 bits per heavy atom. The minimum Gasteiger partial charge on any atom is -0.444 e. The number of anilines is 1. The van der Waals surface area contributed by atoms with E-state index in [-0.39, 0.29) is 110 Å². The van der Waals surface area contributed by atoms with Crippen molar-refractivity contribution in [1.29, 1.82) is 0 Å². The summed E-state index contributed by atoms with van der Waals surface area (Å²) in [6, 6.07) is 7.77. The zero-order valence-corrected chi connectivity index (χ0v) is 52.7. The van der Waals surface area contributed by atoms with Gasteiger partial charge in [0.2, 0.25) is 29.6 Å². The van der Waals surface area contributed by atoms with Gasteiger partial charge in [-0.3, -0.25) is 19.2 Å². The molecular formula is C62H84ClF2N9O11S. The summed E-state index contributed by atoms with van der Waals surface area (Å²) in [5, 5.41) is 9.40. The highest BCUT2D eigenvalue weighted by molar-refractivity contribution is 7.13. The summed E-state index contributed by atoms with van der Waals surface area (Å²) in [7, 11) is 3.09. The van der Waals surface area contributed by atoms with Gasteiger partial charge in [-0.2, -0.15) is 0 Å². The van der Waals surface area contributed by atoms with Crippen LogP contribution in [0, 0.1) is 18.2 Å². The zero-order chi connectivity index (χ0) is 62.3. The Kier molecular flexibility index (Phi) is 24.3. The van der Waals surface area contributed by atoms with Gasteiger partial charge in [-0.15, -0.1) is 11.3 Å². The zero-order valence-electron chi connectivity index (χ0n) is 51.2. The molecule has 2 fully saturated rings. The number of rotatable bonds is 27. The van der Waals surface area contributed by atoms with E-state index in [1.807, 2.05) is 64.4 Å². The van der Waals surface area contributed by atoms with Crippen LogP contribution in [-0.4, -0.2) is 183 Å². The minimum atomic E-state index is -0.887. The molecule has 2 aromatic carbocycles. The maximum absolute atomic E-state index is 16.8. The van der Waals surface area contributed by atoms with E-state index in [1.54, 1.807) is 61.1 Å². The number of likely N-dealkylation sites (N-methyl/N-ethyl adjacent to an activating group) is 1. The summed E-state index contributed by atoms with van der Waals surface area (Å²) in [5.74, 6) is -2.81. The molecule has 86 heavy (non-hydrogen) atoms. The number of nitrogens with one attached hydrogen (secondary N) is 3. The molecule has 2 aromatic heterocycles. The Bertz CT molecular complexity index is 3050. The first-order valence-electron chi connectivity index (χ1n) is 29.4. The number of aromatic nitrogens is 3. The fourth-order valence-corrected chi connectivity index (χ4v) is 11.6. The molecule has 4 atom stereocenters. The van der Waals surface area contributed by atoms with Crippen molar-refractivity contribution in [2.24, 2.45) is 5.41 Å². The maximum Gasteiger partial charge on any atom is 0.410 e. The van der Waals surface area contributed by atoms with Gasteiger partial charge in [-0.05, 0) is 95.4 Å². The van der Waals surface area contributed by atoms with Crippen molar-refractivity contribution in [3.05, 3.63) is 87.2 Å². The lowest BCUT2D eigenvalue weighted by atomic mass is 9.85. The van der Waals surface area contributed by atoms with Crippen LogP contribution in [0.3, 0.4) is 0 Å². The average molecular weight is 1240 g/mol. The Hall–Kier alpha value is -6.21. The summed E-state index contributed by atoms with van der Waals surface area (Å²) < 4.78 is 65.9. The third-order valence-electron chi connectivity index (χ3n) is 15.2. The average Bonchev–Trinajstić information content (AvgIpc) is 0.982. The molecule has 470 valence electrons. The lowest BCUT2D eigenvalue weighted by Gasteiger charge is -2.35. The summed E-state index contributed by atoms with van der Waals surface area (Å²) in [6.07, 6.45) is 4.26. The number of amides is 5. The van der Waals surface area contributed by atoms with Gasteiger partial charge in [0.25, 0.3) is 0 Å². The Morgan fingerprint density at radius 3 is 2.17 bits per heavy atom. The molecule has 1 unspecified atom stereocenters. The van der Waals surface area contributed by atoms with E-state index in [2.05, 4.69) is 25.9 Å². The number of thiazole rings is 1. The molecule has 3 N–H and O–H groups in total. The van der Waals surface area contributed by atoms with Crippen LogP contribution in [0.2, 0.25) is 5.02 Å². The molecule has 0 spiro atoms. The predicted octanol–water partition coefficient (Wildman–Crippen LogP) is 9.35. The van der Waals surface area contributed by atoms with Crippen LogP contribution in [-0.2, 0) is 47.6 Å². The van der Waals surface area contributed by atoms with E-state index in [1.165, 1.54) is 18.1 Å². The third kappa shape index (κ3) is 18.2. The second-order valence-electron chi connectivity index (χ2n) is 23.8. The van der Waals surface area contributed by atoms with Crippen molar-refractivity contribution in [3.63, 3.8) is 0 Å². The number of nitrogens with zero attached hydrogens (tertiary/aromatic N) is 6. The lowest BCUT2D eigenvalue weighted by molar-refractivity contribution is -0.144. The lowest BCUT2D eigenvalue weighted by Crippen LogP contribution is -2.58.